The van der Waals surface area contributed by atoms with Crippen LogP contribution in [0.15, 0.2) is 84.9 Å². The number of likely N-dealkylation sites (tertiary alicyclic amines) is 1. The van der Waals surface area contributed by atoms with E-state index in [2.05, 4.69) is 20.9 Å². The van der Waals surface area contributed by atoms with Crippen LogP contribution in [0, 0.1) is 11.8 Å². The first-order valence-electron chi connectivity index (χ1n) is 15.0. The highest BCUT2D eigenvalue weighted by Gasteiger charge is 2.75. The van der Waals surface area contributed by atoms with Crippen molar-refractivity contribution in [3.05, 3.63) is 96.1 Å². The summed E-state index contributed by atoms with van der Waals surface area (Å²) in [5, 5.41) is 24.9. The summed E-state index contributed by atoms with van der Waals surface area (Å²) in [5.41, 5.74) is 2.14. The number of benzene rings is 3. The van der Waals surface area contributed by atoms with E-state index < -0.39 is 41.5 Å². The number of carbonyl (C=O) groups is 3. The number of rotatable bonds is 10. The quantitative estimate of drug-likeness (QED) is 0.255. The van der Waals surface area contributed by atoms with Crippen molar-refractivity contribution in [2.45, 2.75) is 56.3 Å². The molecule has 3 aromatic carbocycles. The fraction of sp³-hybridized carbons (Fsp3) is 0.364. The van der Waals surface area contributed by atoms with E-state index in [-0.39, 0.29) is 25.1 Å². The molecular formula is C33H34N6O5. The maximum atomic E-state index is 14.4. The van der Waals surface area contributed by atoms with Gasteiger partial charge >= 0.3 is 0 Å². The molecule has 3 saturated heterocycles. The molecule has 3 N–H and O–H groups in total. The molecule has 3 amide bonds. The molecule has 2 unspecified atom stereocenters. The lowest BCUT2D eigenvalue weighted by molar-refractivity contribution is -0.145. The summed E-state index contributed by atoms with van der Waals surface area (Å²) in [6.45, 7) is 0.00428. The SMILES string of the molecule is O=C(NCn1nnc2ccccc21)C1N([C@@H](CO)Cc2ccccc2)C(=O)[C@@H]2[C@H](C(=O)NCc3ccccc3)[C@@H]3CCC12O3. The van der Waals surface area contributed by atoms with Crippen LogP contribution in [0.4, 0.5) is 0 Å². The number of aliphatic hydroxyl groups is 1. The highest BCUT2D eigenvalue weighted by molar-refractivity contribution is 5.99. The van der Waals surface area contributed by atoms with Crippen LogP contribution in [0.25, 0.3) is 11.0 Å². The van der Waals surface area contributed by atoms with Gasteiger partial charge in [-0.15, -0.1) is 5.10 Å². The number of hydrogen-bond acceptors (Lipinski definition) is 7. The van der Waals surface area contributed by atoms with Gasteiger partial charge in [-0.3, -0.25) is 14.4 Å². The van der Waals surface area contributed by atoms with Crippen LogP contribution in [-0.2, 0) is 38.8 Å². The van der Waals surface area contributed by atoms with Crippen molar-refractivity contribution < 1.29 is 24.2 Å². The fourth-order valence-electron chi connectivity index (χ4n) is 7.41. The second-order valence-corrected chi connectivity index (χ2v) is 11.8. The van der Waals surface area contributed by atoms with E-state index in [9.17, 15) is 19.5 Å². The predicted octanol–water partition coefficient (Wildman–Crippen LogP) is 1.80. The molecule has 11 nitrogen and oxygen atoms in total. The number of aromatic nitrogens is 3. The number of nitrogens with zero attached hydrogens (tertiary/aromatic N) is 4. The molecule has 0 saturated carbocycles. The van der Waals surface area contributed by atoms with Crippen LogP contribution in [-0.4, -0.2) is 73.1 Å². The maximum absolute atomic E-state index is 14.4. The van der Waals surface area contributed by atoms with Crippen molar-refractivity contribution in [1.82, 2.24) is 30.5 Å². The zero-order valence-electron chi connectivity index (χ0n) is 24.1. The number of carbonyl (C=O) groups excluding carboxylic acids is 3. The lowest BCUT2D eigenvalue weighted by Gasteiger charge is -2.36. The number of hydrogen-bond donors (Lipinski definition) is 3. The first-order valence-corrected chi connectivity index (χ1v) is 15.0. The van der Waals surface area contributed by atoms with E-state index >= 15 is 0 Å². The summed E-state index contributed by atoms with van der Waals surface area (Å²) < 4.78 is 8.14. The number of aliphatic hydroxyl groups excluding tert-OH is 1. The van der Waals surface area contributed by atoms with Crippen molar-refractivity contribution in [3.8, 4) is 0 Å². The second-order valence-electron chi connectivity index (χ2n) is 11.8. The lowest BCUT2D eigenvalue weighted by Crippen LogP contribution is -2.58. The topological polar surface area (TPSA) is 139 Å². The number of fused-ring (bicyclic) bond motifs is 2. The van der Waals surface area contributed by atoms with Gasteiger partial charge in [0.2, 0.25) is 17.7 Å². The molecule has 44 heavy (non-hydrogen) atoms. The normalized spacial score (nSPS) is 26.1. The van der Waals surface area contributed by atoms with Gasteiger partial charge in [0.05, 0.1) is 36.1 Å². The van der Waals surface area contributed by atoms with Crippen molar-refractivity contribution >= 4 is 28.8 Å². The summed E-state index contributed by atoms with van der Waals surface area (Å²) in [6, 6.07) is 24.8. The van der Waals surface area contributed by atoms with Crippen molar-refractivity contribution in [3.63, 3.8) is 0 Å². The van der Waals surface area contributed by atoms with Crippen molar-refractivity contribution in [2.75, 3.05) is 6.61 Å². The van der Waals surface area contributed by atoms with E-state index in [1.54, 1.807) is 4.68 Å². The van der Waals surface area contributed by atoms with Gasteiger partial charge in [-0.1, -0.05) is 78.0 Å². The average Bonchev–Trinajstić information content (AvgIpc) is 3.81. The molecule has 2 bridgehead atoms. The van der Waals surface area contributed by atoms with Crippen LogP contribution >= 0.6 is 0 Å². The maximum Gasteiger partial charge on any atom is 0.247 e. The number of para-hydroxylation sites is 1. The Morgan fingerprint density at radius 2 is 1.66 bits per heavy atom. The third-order valence-electron chi connectivity index (χ3n) is 9.34. The summed E-state index contributed by atoms with van der Waals surface area (Å²) in [6.07, 6.45) is 0.887. The van der Waals surface area contributed by atoms with Crippen LogP contribution < -0.4 is 10.6 Å². The highest BCUT2D eigenvalue weighted by Crippen LogP contribution is 2.58. The first-order chi connectivity index (χ1) is 21.5. The molecule has 226 valence electrons. The van der Waals surface area contributed by atoms with Gasteiger partial charge in [-0.25, -0.2) is 4.68 Å². The molecule has 3 fully saturated rings. The molecule has 4 heterocycles. The van der Waals surface area contributed by atoms with Crippen LogP contribution in [0.2, 0.25) is 0 Å². The van der Waals surface area contributed by atoms with Gasteiger partial charge in [-0.05, 0) is 42.5 Å². The molecule has 3 aliphatic heterocycles. The number of amides is 3. The highest BCUT2D eigenvalue weighted by atomic mass is 16.5. The Balaban J connectivity index is 1.19. The monoisotopic (exact) mass is 594 g/mol. The minimum absolute atomic E-state index is 0.0333. The van der Waals surface area contributed by atoms with Gasteiger partial charge in [0.1, 0.15) is 23.8 Å². The van der Waals surface area contributed by atoms with E-state index in [1.807, 2.05) is 84.9 Å². The second kappa shape index (κ2) is 11.5. The molecule has 7 rings (SSSR count). The van der Waals surface area contributed by atoms with Gasteiger partial charge in [0.25, 0.3) is 0 Å². The Morgan fingerprint density at radius 1 is 0.955 bits per heavy atom. The minimum Gasteiger partial charge on any atom is -0.394 e. The van der Waals surface area contributed by atoms with Crippen molar-refractivity contribution in [1.29, 1.82) is 0 Å². The fourth-order valence-corrected chi connectivity index (χ4v) is 7.41. The third-order valence-corrected chi connectivity index (χ3v) is 9.34. The summed E-state index contributed by atoms with van der Waals surface area (Å²) in [4.78, 5) is 43.8. The van der Waals surface area contributed by atoms with Gasteiger partial charge < -0.3 is 25.4 Å². The predicted molar refractivity (Wildman–Crippen MR) is 159 cm³/mol. The zero-order chi connectivity index (χ0) is 30.3. The standard InChI is InChI=1S/C33H34N6O5/c40-19-23(17-21-9-3-1-4-10-21)39-29(31(42)35-20-38-25-14-8-7-13-24(25)36-37-38)33-16-15-26(44-33)27(28(33)32(39)43)30(41)34-18-22-11-5-2-6-12-22/h1-14,23,26-29,40H,15-20H2,(H,34,41)(H,35,42)/t23-,26+,27-,28+,29?,33?/m1/s1. The molecule has 1 spiro atoms. The van der Waals surface area contributed by atoms with Crippen LogP contribution in [0.5, 0.6) is 0 Å². The lowest BCUT2D eigenvalue weighted by atomic mass is 9.70. The molecule has 6 atom stereocenters. The van der Waals surface area contributed by atoms with Gasteiger partial charge in [0.15, 0.2) is 0 Å². The molecular weight excluding hydrogens is 560 g/mol. The van der Waals surface area contributed by atoms with Crippen LogP contribution in [0.3, 0.4) is 0 Å². The Labute approximate surface area is 254 Å². The third kappa shape index (κ3) is 4.72. The minimum atomic E-state index is -1.19. The Morgan fingerprint density at radius 3 is 2.41 bits per heavy atom. The molecule has 0 aliphatic carbocycles. The molecule has 0 radical (unpaired) electrons. The van der Waals surface area contributed by atoms with Gasteiger partial charge in [-0.2, -0.15) is 0 Å². The Bertz CT molecular complexity index is 1680. The molecule has 11 heteroatoms. The summed E-state index contributed by atoms with van der Waals surface area (Å²) in [7, 11) is 0. The molecule has 1 aromatic heterocycles. The molecule has 3 aliphatic rings. The first kappa shape index (κ1) is 28.2. The van der Waals surface area contributed by atoms with Gasteiger partial charge in [0, 0.05) is 6.54 Å². The van der Waals surface area contributed by atoms with Crippen molar-refractivity contribution in [2.24, 2.45) is 11.8 Å². The summed E-state index contributed by atoms with van der Waals surface area (Å²) in [5.74, 6) is -2.61. The largest absolute Gasteiger partial charge is 0.394 e. The smallest absolute Gasteiger partial charge is 0.247 e. The summed E-state index contributed by atoms with van der Waals surface area (Å²) >= 11 is 0. The Hall–Kier alpha value is -4.61. The molecule has 4 aromatic rings. The zero-order valence-corrected chi connectivity index (χ0v) is 24.1. The van der Waals surface area contributed by atoms with E-state index in [0.29, 0.717) is 31.3 Å². The van der Waals surface area contributed by atoms with Crippen LogP contribution in [0.1, 0.15) is 24.0 Å². The number of ether oxygens (including phenoxy) is 1. The van der Waals surface area contributed by atoms with E-state index in [0.717, 1.165) is 16.6 Å². The van der Waals surface area contributed by atoms with E-state index in [1.165, 1.54) is 4.90 Å². The Kier molecular flexibility index (Phi) is 7.35. The average molecular weight is 595 g/mol. The number of nitrogens with one attached hydrogen (secondary N) is 2. The van der Waals surface area contributed by atoms with E-state index in [4.69, 9.17) is 4.74 Å².